The van der Waals surface area contributed by atoms with Crippen molar-refractivity contribution in [2.24, 2.45) is 0 Å². The van der Waals surface area contributed by atoms with Crippen molar-refractivity contribution in [1.82, 2.24) is 0 Å². The number of rotatable bonds is 9. The largest absolute Gasteiger partial charge is 0.478 e. The van der Waals surface area contributed by atoms with Crippen LogP contribution in [0.5, 0.6) is 5.75 Å². The molecule has 6 aromatic rings. The van der Waals surface area contributed by atoms with E-state index >= 15 is 0 Å². The molecule has 4 heteroatoms. The third kappa shape index (κ3) is 5.98. The normalized spacial score (nSPS) is 11.8. The Labute approximate surface area is 246 Å². The summed E-state index contributed by atoms with van der Waals surface area (Å²) in [4.78, 5) is 12.4. The van der Waals surface area contributed by atoms with E-state index in [1.165, 1.54) is 18.2 Å². The summed E-state index contributed by atoms with van der Waals surface area (Å²) in [7, 11) is 1.38. The molecule has 4 nitrogen and oxygen atoms in total. The molecule has 42 heavy (non-hydrogen) atoms. The number of hydrogen-bond donors (Lipinski definition) is 0. The van der Waals surface area contributed by atoms with E-state index in [0.717, 1.165) is 51.0 Å². The number of carbonyl (C=O) groups is 1. The van der Waals surface area contributed by atoms with Crippen molar-refractivity contribution in [3.63, 3.8) is 0 Å². The zero-order valence-electron chi connectivity index (χ0n) is 23.7. The molecule has 1 aromatic heterocycles. The van der Waals surface area contributed by atoms with E-state index < -0.39 is 12.1 Å². The highest BCUT2D eigenvalue weighted by molar-refractivity contribution is 5.96. The van der Waals surface area contributed by atoms with Crippen LogP contribution in [0.2, 0.25) is 0 Å². The SMILES string of the molecule is COC(=O)[C@@H](Cc1ccccc1)Oc1ccc(-c2ccc(-c3c(Cc4ccccc4)oc4ccc(C)cc34)cc2)cc1. The van der Waals surface area contributed by atoms with Crippen molar-refractivity contribution in [1.29, 1.82) is 0 Å². The average Bonchev–Trinajstić information content (AvgIpc) is 3.38. The van der Waals surface area contributed by atoms with Gasteiger partial charge in [0.1, 0.15) is 17.1 Å². The predicted octanol–water partition coefficient (Wildman–Crippen LogP) is 8.83. The number of furan rings is 1. The molecule has 0 spiro atoms. The first-order valence-corrected chi connectivity index (χ1v) is 14.1. The van der Waals surface area contributed by atoms with Gasteiger partial charge in [-0.05, 0) is 59.0 Å². The van der Waals surface area contributed by atoms with Crippen molar-refractivity contribution in [2.75, 3.05) is 7.11 Å². The minimum absolute atomic E-state index is 0.396. The summed E-state index contributed by atoms with van der Waals surface area (Å²) < 4.78 is 17.4. The van der Waals surface area contributed by atoms with Gasteiger partial charge >= 0.3 is 5.97 Å². The fourth-order valence-corrected chi connectivity index (χ4v) is 5.34. The Bertz CT molecular complexity index is 1780. The summed E-state index contributed by atoms with van der Waals surface area (Å²) in [5.41, 5.74) is 8.74. The second-order valence-corrected chi connectivity index (χ2v) is 10.5. The number of carbonyl (C=O) groups excluding carboxylic acids is 1. The topological polar surface area (TPSA) is 48.7 Å². The maximum Gasteiger partial charge on any atom is 0.347 e. The standard InChI is InChI=1S/C38H32O4/c1-26-13-22-34-33(23-26)37(35(42-34)24-27-9-5-3-6-10-27)31-16-14-29(15-17-31)30-18-20-32(21-19-30)41-36(38(39)40-2)25-28-11-7-4-8-12-28/h3-23,36H,24-25H2,1-2H3/t36-/m1/s1. The number of fused-ring (bicyclic) bond motifs is 1. The summed E-state index contributed by atoms with van der Waals surface area (Å²) in [6, 6.07) is 43.0. The summed E-state index contributed by atoms with van der Waals surface area (Å²) in [6.45, 7) is 2.11. The molecule has 0 fully saturated rings. The van der Waals surface area contributed by atoms with E-state index in [2.05, 4.69) is 73.7 Å². The van der Waals surface area contributed by atoms with E-state index in [4.69, 9.17) is 13.9 Å². The summed E-state index contributed by atoms with van der Waals surface area (Å²) >= 11 is 0. The van der Waals surface area contributed by atoms with E-state index in [1.807, 2.05) is 60.7 Å². The van der Waals surface area contributed by atoms with Gasteiger partial charge in [-0.2, -0.15) is 0 Å². The van der Waals surface area contributed by atoms with Crippen molar-refractivity contribution in [3.8, 4) is 28.0 Å². The first-order chi connectivity index (χ1) is 20.6. The average molecular weight is 553 g/mol. The Morgan fingerprint density at radius 3 is 1.95 bits per heavy atom. The first-order valence-electron chi connectivity index (χ1n) is 14.1. The van der Waals surface area contributed by atoms with Crippen LogP contribution in [-0.4, -0.2) is 19.2 Å². The van der Waals surface area contributed by atoms with Crippen molar-refractivity contribution < 1.29 is 18.7 Å². The van der Waals surface area contributed by atoms with E-state index in [9.17, 15) is 4.79 Å². The van der Waals surface area contributed by atoms with Crippen LogP contribution in [0.1, 0.15) is 22.5 Å². The molecule has 0 radical (unpaired) electrons. The molecule has 0 amide bonds. The Hall–Kier alpha value is -5.09. The Balaban J connectivity index is 1.24. The number of benzene rings is 5. The van der Waals surface area contributed by atoms with E-state index in [-0.39, 0.29) is 0 Å². The van der Waals surface area contributed by atoms with Crippen LogP contribution in [0, 0.1) is 6.92 Å². The minimum Gasteiger partial charge on any atom is -0.478 e. The van der Waals surface area contributed by atoms with Gasteiger partial charge in [0.15, 0.2) is 6.10 Å². The molecule has 208 valence electrons. The number of ether oxygens (including phenoxy) is 2. The molecular formula is C38H32O4. The maximum absolute atomic E-state index is 12.4. The van der Waals surface area contributed by atoms with Crippen LogP contribution in [0.25, 0.3) is 33.2 Å². The van der Waals surface area contributed by atoms with Crippen molar-refractivity contribution in [2.45, 2.75) is 25.9 Å². The molecule has 1 heterocycles. The number of esters is 1. The monoisotopic (exact) mass is 552 g/mol. The number of methoxy groups -OCH3 is 1. The van der Waals surface area contributed by atoms with Crippen LogP contribution < -0.4 is 4.74 Å². The fourth-order valence-electron chi connectivity index (χ4n) is 5.34. The second kappa shape index (κ2) is 12.2. The van der Waals surface area contributed by atoms with Crippen molar-refractivity contribution in [3.05, 3.63) is 150 Å². The predicted molar refractivity (Wildman–Crippen MR) is 168 cm³/mol. The lowest BCUT2D eigenvalue weighted by Crippen LogP contribution is -2.30. The molecular weight excluding hydrogens is 520 g/mol. The Kier molecular flexibility index (Phi) is 7.87. The number of hydrogen-bond acceptors (Lipinski definition) is 4. The lowest BCUT2D eigenvalue weighted by Gasteiger charge is -2.17. The first kappa shape index (κ1) is 27.1. The lowest BCUT2D eigenvalue weighted by atomic mass is 9.96. The van der Waals surface area contributed by atoms with Gasteiger partial charge in [0, 0.05) is 23.8 Å². The molecule has 6 rings (SSSR count). The van der Waals surface area contributed by atoms with Gasteiger partial charge in [0.25, 0.3) is 0 Å². The van der Waals surface area contributed by atoms with Gasteiger partial charge < -0.3 is 13.9 Å². The van der Waals surface area contributed by atoms with E-state index in [1.54, 1.807) is 0 Å². The van der Waals surface area contributed by atoms with Crippen LogP contribution in [0.4, 0.5) is 0 Å². The molecule has 0 bridgehead atoms. The molecule has 5 aromatic carbocycles. The van der Waals surface area contributed by atoms with Crippen LogP contribution in [0.3, 0.4) is 0 Å². The Morgan fingerprint density at radius 2 is 1.31 bits per heavy atom. The van der Waals surface area contributed by atoms with Gasteiger partial charge in [-0.3, -0.25) is 0 Å². The molecule has 0 aliphatic carbocycles. The fraction of sp³-hybridized carbons (Fsp3) is 0.132. The number of aryl methyl sites for hydroxylation is 1. The highest BCUT2D eigenvalue weighted by Crippen LogP contribution is 2.37. The quantitative estimate of drug-likeness (QED) is 0.168. The van der Waals surface area contributed by atoms with Crippen LogP contribution in [0.15, 0.2) is 132 Å². The third-order valence-corrected chi connectivity index (χ3v) is 7.49. The Morgan fingerprint density at radius 1 is 0.714 bits per heavy atom. The molecule has 0 unspecified atom stereocenters. The maximum atomic E-state index is 12.4. The summed E-state index contributed by atoms with van der Waals surface area (Å²) in [5, 5.41) is 1.13. The highest BCUT2D eigenvalue weighted by atomic mass is 16.6. The molecule has 0 saturated carbocycles. The zero-order chi connectivity index (χ0) is 28.9. The van der Waals surface area contributed by atoms with Crippen molar-refractivity contribution >= 4 is 16.9 Å². The van der Waals surface area contributed by atoms with Crippen LogP contribution >= 0.6 is 0 Å². The summed E-state index contributed by atoms with van der Waals surface area (Å²) in [5.74, 6) is 1.19. The third-order valence-electron chi connectivity index (χ3n) is 7.49. The van der Waals surface area contributed by atoms with Crippen LogP contribution in [-0.2, 0) is 22.4 Å². The smallest absolute Gasteiger partial charge is 0.347 e. The molecule has 0 N–H and O–H groups in total. The minimum atomic E-state index is -0.721. The molecule has 0 aliphatic heterocycles. The van der Waals surface area contributed by atoms with Gasteiger partial charge in [-0.15, -0.1) is 0 Å². The van der Waals surface area contributed by atoms with Gasteiger partial charge in [0.2, 0.25) is 0 Å². The van der Waals surface area contributed by atoms with Gasteiger partial charge in [0.05, 0.1) is 7.11 Å². The summed E-state index contributed by atoms with van der Waals surface area (Å²) in [6.07, 6.45) is 0.441. The lowest BCUT2D eigenvalue weighted by molar-refractivity contribution is -0.148. The molecule has 0 aliphatic rings. The van der Waals surface area contributed by atoms with Gasteiger partial charge in [-0.25, -0.2) is 4.79 Å². The highest BCUT2D eigenvalue weighted by Gasteiger charge is 2.22. The second-order valence-electron chi connectivity index (χ2n) is 10.5. The van der Waals surface area contributed by atoms with Gasteiger partial charge in [-0.1, -0.05) is 109 Å². The zero-order valence-corrected chi connectivity index (χ0v) is 23.7. The molecule has 1 atom stereocenters. The van der Waals surface area contributed by atoms with E-state index in [0.29, 0.717) is 12.2 Å². The molecule has 0 saturated heterocycles.